The molecule has 0 amide bonds. The third kappa shape index (κ3) is 2.59. The summed E-state index contributed by atoms with van der Waals surface area (Å²) in [5, 5.41) is 5.36. The maximum Gasteiger partial charge on any atom is 0.435 e. The van der Waals surface area contributed by atoms with Crippen molar-refractivity contribution in [1.82, 2.24) is 9.78 Å². The monoisotopic (exact) mass is 313 g/mol. The SMILES string of the molecule is NCc1cc(-n2nc(C(F)(F)F)cc2-c2ccco2)cs1. The van der Waals surface area contributed by atoms with E-state index in [4.69, 9.17) is 10.2 Å². The zero-order chi connectivity index (χ0) is 15.0. The molecule has 0 unspecified atom stereocenters. The molecule has 0 atom stereocenters. The summed E-state index contributed by atoms with van der Waals surface area (Å²) in [6.45, 7) is 0.328. The van der Waals surface area contributed by atoms with Gasteiger partial charge in [0, 0.05) is 22.9 Å². The van der Waals surface area contributed by atoms with E-state index in [2.05, 4.69) is 5.10 Å². The zero-order valence-corrected chi connectivity index (χ0v) is 11.4. The highest BCUT2D eigenvalue weighted by atomic mass is 32.1. The van der Waals surface area contributed by atoms with Gasteiger partial charge in [0.15, 0.2) is 11.5 Å². The third-order valence-electron chi connectivity index (χ3n) is 2.86. The standard InChI is InChI=1S/C13H10F3N3OS/c14-13(15,16)12-5-10(11-2-1-3-20-11)19(18-12)8-4-9(6-17)21-7-8/h1-5,7H,6,17H2. The fraction of sp³-hybridized carbons (Fsp3) is 0.154. The second-order valence-electron chi connectivity index (χ2n) is 4.28. The van der Waals surface area contributed by atoms with Crippen LogP contribution in [0.15, 0.2) is 40.3 Å². The first kappa shape index (κ1) is 13.9. The van der Waals surface area contributed by atoms with Crippen molar-refractivity contribution >= 4 is 11.3 Å². The van der Waals surface area contributed by atoms with Crippen LogP contribution in [-0.4, -0.2) is 9.78 Å². The Morgan fingerprint density at radius 2 is 2.14 bits per heavy atom. The molecule has 2 N–H and O–H groups in total. The number of aromatic nitrogens is 2. The van der Waals surface area contributed by atoms with Gasteiger partial charge in [0.1, 0.15) is 5.69 Å². The Hall–Kier alpha value is -2.06. The predicted octanol–water partition coefficient (Wildman–Crippen LogP) is 3.67. The molecule has 110 valence electrons. The lowest BCUT2D eigenvalue weighted by molar-refractivity contribution is -0.141. The van der Waals surface area contributed by atoms with Crippen molar-refractivity contribution in [3.05, 3.63) is 46.5 Å². The highest BCUT2D eigenvalue weighted by molar-refractivity contribution is 7.10. The molecular formula is C13H10F3N3OS. The Balaban J connectivity index is 2.15. The van der Waals surface area contributed by atoms with Gasteiger partial charge in [0.2, 0.25) is 0 Å². The van der Waals surface area contributed by atoms with Crippen LogP contribution in [0.3, 0.4) is 0 Å². The fourth-order valence-electron chi connectivity index (χ4n) is 1.90. The van der Waals surface area contributed by atoms with Crippen LogP contribution in [0.5, 0.6) is 0 Å². The van der Waals surface area contributed by atoms with Gasteiger partial charge >= 0.3 is 6.18 Å². The van der Waals surface area contributed by atoms with Gasteiger partial charge in [-0.3, -0.25) is 0 Å². The minimum atomic E-state index is -4.51. The van der Waals surface area contributed by atoms with Crippen LogP contribution in [0.1, 0.15) is 10.6 Å². The van der Waals surface area contributed by atoms with E-state index in [9.17, 15) is 13.2 Å². The van der Waals surface area contributed by atoms with E-state index in [1.165, 1.54) is 22.3 Å². The van der Waals surface area contributed by atoms with E-state index in [0.29, 0.717) is 18.0 Å². The molecule has 0 saturated heterocycles. The maximum atomic E-state index is 12.9. The number of hydrogen-bond donors (Lipinski definition) is 1. The lowest BCUT2D eigenvalue weighted by atomic mass is 10.3. The topological polar surface area (TPSA) is 57.0 Å². The number of rotatable bonds is 3. The molecule has 8 heteroatoms. The second-order valence-corrected chi connectivity index (χ2v) is 5.27. The third-order valence-corrected chi connectivity index (χ3v) is 3.81. The zero-order valence-electron chi connectivity index (χ0n) is 10.6. The minimum absolute atomic E-state index is 0.244. The summed E-state index contributed by atoms with van der Waals surface area (Å²) in [7, 11) is 0. The lowest BCUT2D eigenvalue weighted by Crippen LogP contribution is -2.07. The Morgan fingerprint density at radius 1 is 1.33 bits per heavy atom. The average molecular weight is 313 g/mol. The van der Waals surface area contributed by atoms with E-state index in [1.807, 2.05) is 0 Å². The van der Waals surface area contributed by atoms with Crippen molar-refractivity contribution in [2.45, 2.75) is 12.7 Å². The van der Waals surface area contributed by atoms with Crippen molar-refractivity contribution in [2.75, 3.05) is 0 Å². The van der Waals surface area contributed by atoms with Crippen molar-refractivity contribution in [3.63, 3.8) is 0 Å². The molecule has 4 nitrogen and oxygen atoms in total. The van der Waals surface area contributed by atoms with Crippen LogP contribution >= 0.6 is 11.3 Å². The highest BCUT2D eigenvalue weighted by Gasteiger charge is 2.35. The Labute approximate surface area is 121 Å². The molecule has 3 aromatic heterocycles. The Morgan fingerprint density at radius 3 is 2.71 bits per heavy atom. The number of furan rings is 1. The van der Waals surface area contributed by atoms with Gasteiger partial charge in [-0.15, -0.1) is 11.3 Å². The van der Waals surface area contributed by atoms with Gasteiger partial charge in [-0.05, 0) is 18.2 Å². The molecule has 0 aliphatic heterocycles. The largest absolute Gasteiger partial charge is 0.463 e. The molecule has 0 saturated carbocycles. The van der Waals surface area contributed by atoms with Crippen molar-refractivity contribution in [1.29, 1.82) is 0 Å². The molecular weight excluding hydrogens is 303 g/mol. The van der Waals surface area contributed by atoms with Crippen molar-refractivity contribution in [2.24, 2.45) is 5.73 Å². The number of nitrogens with zero attached hydrogens (tertiary/aromatic N) is 2. The molecule has 0 aliphatic rings. The molecule has 3 rings (SSSR count). The van der Waals surface area contributed by atoms with Crippen molar-refractivity contribution < 1.29 is 17.6 Å². The van der Waals surface area contributed by atoms with Crippen molar-refractivity contribution in [3.8, 4) is 17.1 Å². The van der Waals surface area contributed by atoms with Crippen LogP contribution in [0.25, 0.3) is 17.1 Å². The van der Waals surface area contributed by atoms with Crippen LogP contribution < -0.4 is 5.73 Å². The highest BCUT2D eigenvalue weighted by Crippen LogP contribution is 2.34. The molecule has 3 heterocycles. The van der Waals surface area contributed by atoms with E-state index >= 15 is 0 Å². The molecule has 0 spiro atoms. The fourth-order valence-corrected chi connectivity index (χ4v) is 2.63. The summed E-state index contributed by atoms with van der Waals surface area (Å²) in [5.74, 6) is 0.318. The first-order valence-electron chi connectivity index (χ1n) is 5.98. The van der Waals surface area contributed by atoms with Gasteiger partial charge in [0.05, 0.1) is 12.0 Å². The van der Waals surface area contributed by atoms with Gasteiger partial charge in [-0.1, -0.05) is 0 Å². The van der Waals surface area contributed by atoms with Gasteiger partial charge in [-0.25, -0.2) is 4.68 Å². The smallest absolute Gasteiger partial charge is 0.435 e. The normalized spacial score (nSPS) is 12.0. The quantitative estimate of drug-likeness (QED) is 0.802. The maximum absolute atomic E-state index is 12.9. The first-order valence-corrected chi connectivity index (χ1v) is 6.86. The summed E-state index contributed by atoms with van der Waals surface area (Å²) in [6, 6.07) is 5.88. The van der Waals surface area contributed by atoms with Crippen LogP contribution in [0.4, 0.5) is 13.2 Å². The number of thiophene rings is 1. The summed E-state index contributed by atoms with van der Waals surface area (Å²) in [4.78, 5) is 0.861. The van der Waals surface area contributed by atoms with E-state index in [0.717, 1.165) is 10.9 Å². The number of hydrogen-bond acceptors (Lipinski definition) is 4. The Bertz CT molecular complexity index is 743. The molecule has 0 aliphatic carbocycles. The van der Waals surface area contributed by atoms with Gasteiger partial charge in [0.25, 0.3) is 0 Å². The first-order chi connectivity index (χ1) is 9.99. The predicted molar refractivity (Wildman–Crippen MR) is 72.0 cm³/mol. The molecule has 0 radical (unpaired) electrons. The lowest BCUT2D eigenvalue weighted by Gasteiger charge is -2.02. The van der Waals surface area contributed by atoms with Crippen LogP contribution in [0.2, 0.25) is 0 Å². The number of alkyl halides is 3. The number of halogens is 3. The Kier molecular flexibility index (Phi) is 3.34. The van der Waals surface area contributed by atoms with Gasteiger partial charge < -0.3 is 10.2 Å². The molecule has 0 aromatic carbocycles. The molecule has 0 fully saturated rings. The average Bonchev–Trinajstić information content (AvgIpc) is 3.16. The van der Waals surface area contributed by atoms with Gasteiger partial charge in [-0.2, -0.15) is 18.3 Å². The summed E-state index contributed by atoms with van der Waals surface area (Å²) < 4.78 is 45.1. The van der Waals surface area contributed by atoms with Crippen LogP contribution in [0, 0.1) is 0 Å². The summed E-state index contributed by atoms with van der Waals surface area (Å²) >= 11 is 1.37. The molecule has 21 heavy (non-hydrogen) atoms. The van der Waals surface area contributed by atoms with E-state index in [-0.39, 0.29) is 5.69 Å². The molecule has 0 bridgehead atoms. The van der Waals surface area contributed by atoms with Crippen LogP contribution in [-0.2, 0) is 12.7 Å². The van der Waals surface area contributed by atoms with E-state index in [1.54, 1.807) is 23.6 Å². The second kappa shape index (κ2) is 5.05. The minimum Gasteiger partial charge on any atom is -0.463 e. The molecule has 3 aromatic rings. The van der Waals surface area contributed by atoms with E-state index < -0.39 is 11.9 Å². The summed E-state index contributed by atoms with van der Waals surface area (Å²) in [6.07, 6.45) is -3.11. The summed E-state index contributed by atoms with van der Waals surface area (Å²) in [5.41, 5.74) is 5.34. The number of nitrogens with two attached hydrogens (primary N) is 1.